The monoisotopic (exact) mass is 374 g/mol. The highest BCUT2D eigenvalue weighted by atomic mass is 16.5. The van der Waals surface area contributed by atoms with Crippen molar-refractivity contribution in [2.75, 3.05) is 39.4 Å². The second-order valence-corrected chi connectivity index (χ2v) is 7.60. The fraction of sp³-hybridized carbons (Fsp3) is 0.667. The summed E-state index contributed by atoms with van der Waals surface area (Å²) >= 11 is 0. The number of phenols is 1. The van der Waals surface area contributed by atoms with Gasteiger partial charge in [-0.15, -0.1) is 0 Å². The van der Waals surface area contributed by atoms with Crippen LogP contribution in [0, 0.1) is 0 Å². The fourth-order valence-electron chi connectivity index (χ4n) is 4.21. The number of aliphatic imine (C=N–C) groups is 1. The fourth-order valence-corrected chi connectivity index (χ4v) is 4.21. The van der Waals surface area contributed by atoms with E-state index >= 15 is 0 Å². The molecule has 0 unspecified atom stereocenters. The van der Waals surface area contributed by atoms with Crippen molar-refractivity contribution in [1.82, 2.24) is 15.5 Å². The number of hydrogen-bond acceptors (Lipinski definition) is 4. The number of benzene rings is 1. The van der Waals surface area contributed by atoms with Crippen molar-refractivity contribution in [2.24, 2.45) is 4.99 Å². The average molecular weight is 375 g/mol. The molecule has 1 saturated heterocycles. The molecule has 1 aromatic carbocycles. The molecule has 1 aromatic rings. The van der Waals surface area contributed by atoms with Gasteiger partial charge in [-0.2, -0.15) is 0 Å². The first-order valence-corrected chi connectivity index (χ1v) is 10.3. The third-order valence-electron chi connectivity index (χ3n) is 5.75. The van der Waals surface area contributed by atoms with Gasteiger partial charge in [-0.05, 0) is 37.5 Å². The van der Waals surface area contributed by atoms with Crippen molar-refractivity contribution in [1.29, 1.82) is 0 Å². The molecule has 0 radical (unpaired) electrons. The van der Waals surface area contributed by atoms with Gasteiger partial charge in [0.05, 0.1) is 19.8 Å². The Hall–Kier alpha value is -1.79. The van der Waals surface area contributed by atoms with E-state index in [0.29, 0.717) is 6.54 Å². The van der Waals surface area contributed by atoms with Gasteiger partial charge in [0, 0.05) is 31.7 Å². The molecule has 6 nitrogen and oxygen atoms in total. The highest BCUT2D eigenvalue weighted by Crippen LogP contribution is 2.33. The molecule has 150 valence electrons. The highest BCUT2D eigenvalue weighted by Gasteiger charge is 2.38. The molecule has 0 bridgehead atoms. The third-order valence-corrected chi connectivity index (χ3v) is 5.75. The Bertz CT molecular complexity index is 591. The van der Waals surface area contributed by atoms with Crippen LogP contribution in [0.2, 0.25) is 0 Å². The van der Waals surface area contributed by atoms with Crippen molar-refractivity contribution in [2.45, 2.75) is 51.1 Å². The summed E-state index contributed by atoms with van der Waals surface area (Å²) in [5, 5.41) is 16.4. The first-order chi connectivity index (χ1) is 13.2. The van der Waals surface area contributed by atoms with E-state index in [0.717, 1.165) is 50.9 Å². The van der Waals surface area contributed by atoms with E-state index in [1.807, 2.05) is 12.1 Å². The topological polar surface area (TPSA) is 69.1 Å². The highest BCUT2D eigenvalue weighted by molar-refractivity contribution is 5.79. The number of morpholine rings is 1. The summed E-state index contributed by atoms with van der Waals surface area (Å²) in [4.78, 5) is 7.39. The second kappa shape index (κ2) is 9.95. The van der Waals surface area contributed by atoms with E-state index < -0.39 is 0 Å². The molecule has 27 heavy (non-hydrogen) atoms. The Morgan fingerprint density at radius 2 is 1.81 bits per heavy atom. The van der Waals surface area contributed by atoms with Crippen LogP contribution in [0.3, 0.4) is 0 Å². The van der Waals surface area contributed by atoms with Gasteiger partial charge in [0.2, 0.25) is 0 Å². The average Bonchev–Trinajstić information content (AvgIpc) is 2.72. The lowest BCUT2D eigenvalue weighted by Crippen LogP contribution is -2.60. The minimum absolute atomic E-state index is 0.219. The molecular weight excluding hydrogens is 340 g/mol. The lowest BCUT2D eigenvalue weighted by Gasteiger charge is -2.48. The molecule has 1 aliphatic carbocycles. The van der Waals surface area contributed by atoms with Gasteiger partial charge in [-0.3, -0.25) is 4.90 Å². The Balaban J connectivity index is 1.64. The van der Waals surface area contributed by atoms with Gasteiger partial charge in [0.1, 0.15) is 5.75 Å². The largest absolute Gasteiger partial charge is 0.508 e. The lowest BCUT2D eigenvalue weighted by atomic mass is 9.80. The van der Waals surface area contributed by atoms with E-state index in [2.05, 4.69) is 22.5 Å². The molecule has 3 rings (SSSR count). The second-order valence-electron chi connectivity index (χ2n) is 7.60. The molecule has 2 fully saturated rings. The molecule has 0 aromatic heterocycles. The summed E-state index contributed by atoms with van der Waals surface area (Å²) in [6, 6.07) is 7.25. The van der Waals surface area contributed by atoms with E-state index in [-0.39, 0.29) is 11.3 Å². The van der Waals surface area contributed by atoms with E-state index in [1.54, 1.807) is 12.1 Å². The van der Waals surface area contributed by atoms with Gasteiger partial charge >= 0.3 is 0 Å². The number of nitrogens with zero attached hydrogens (tertiary/aromatic N) is 2. The van der Waals surface area contributed by atoms with Crippen molar-refractivity contribution < 1.29 is 9.84 Å². The van der Waals surface area contributed by atoms with Gasteiger partial charge in [-0.1, -0.05) is 31.4 Å². The van der Waals surface area contributed by atoms with Crippen LogP contribution in [0.15, 0.2) is 29.3 Å². The predicted molar refractivity (Wildman–Crippen MR) is 109 cm³/mol. The number of aromatic hydroxyl groups is 1. The van der Waals surface area contributed by atoms with E-state index in [4.69, 9.17) is 9.73 Å². The molecule has 6 heteroatoms. The summed E-state index contributed by atoms with van der Waals surface area (Å²) in [5.74, 6) is 1.15. The number of ether oxygens (including phenoxy) is 1. The molecule has 0 amide bonds. The van der Waals surface area contributed by atoms with E-state index in [1.165, 1.54) is 32.1 Å². The SMILES string of the molecule is CCNC(=NCc1ccc(O)cc1)NCC1(N2CCOCC2)CCCCC1. The summed E-state index contributed by atoms with van der Waals surface area (Å²) in [7, 11) is 0. The van der Waals surface area contributed by atoms with E-state index in [9.17, 15) is 5.11 Å². The Morgan fingerprint density at radius 3 is 2.48 bits per heavy atom. The molecule has 1 heterocycles. The Kier molecular flexibility index (Phi) is 7.35. The summed E-state index contributed by atoms with van der Waals surface area (Å²) in [6.45, 7) is 8.20. The van der Waals surface area contributed by atoms with Gasteiger partial charge in [0.25, 0.3) is 0 Å². The first-order valence-electron chi connectivity index (χ1n) is 10.3. The van der Waals surface area contributed by atoms with Gasteiger partial charge in [-0.25, -0.2) is 4.99 Å². The smallest absolute Gasteiger partial charge is 0.191 e. The zero-order valence-electron chi connectivity index (χ0n) is 16.5. The minimum Gasteiger partial charge on any atom is -0.508 e. The maximum Gasteiger partial charge on any atom is 0.191 e. The maximum absolute atomic E-state index is 9.42. The maximum atomic E-state index is 9.42. The molecule has 1 saturated carbocycles. The number of nitrogens with one attached hydrogen (secondary N) is 2. The zero-order valence-corrected chi connectivity index (χ0v) is 16.5. The van der Waals surface area contributed by atoms with Crippen LogP contribution in [-0.2, 0) is 11.3 Å². The standard InChI is InChI=1S/C21H34N4O2/c1-2-22-20(23-16-18-6-8-19(26)9-7-18)24-17-21(10-4-3-5-11-21)25-12-14-27-15-13-25/h6-9,26H,2-5,10-17H2,1H3,(H2,22,23,24). The molecule has 3 N–H and O–H groups in total. The van der Waals surface area contributed by atoms with Crippen LogP contribution in [0.4, 0.5) is 0 Å². The van der Waals surface area contributed by atoms with Crippen LogP contribution < -0.4 is 10.6 Å². The predicted octanol–water partition coefficient (Wildman–Crippen LogP) is 2.48. The molecular formula is C21H34N4O2. The lowest BCUT2D eigenvalue weighted by molar-refractivity contribution is -0.0352. The van der Waals surface area contributed by atoms with Gasteiger partial charge < -0.3 is 20.5 Å². The van der Waals surface area contributed by atoms with Crippen LogP contribution in [-0.4, -0.2) is 60.9 Å². The number of rotatable bonds is 6. The minimum atomic E-state index is 0.219. The molecule has 2 aliphatic rings. The first kappa shape index (κ1) is 20.0. The summed E-state index contributed by atoms with van der Waals surface area (Å²) in [5.41, 5.74) is 1.31. The normalized spacial score (nSPS) is 21.0. The third kappa shape index (κ3) is 5.59. The van der Waals surface area contributed by atoms with Crippen LogP contribution >= 0.6 is 0 Å². The number of hydrogen-bond donors (Lipinski definition) is 3. The molecule has 0 spiro atoms. The van der Waals surface area contributed by atoms with Crippen LogP contribution in [0.25, 0.3) is 0 Å². The molecule has 0 atom stereocenters. The van der Waals surface area contributed by atoms with Gasteiger partial charge in [0.15, 0.2) is 5.96 Å². The Labute approximate surface area is 163 Å². The molecule has 1 aliphatic heterocycles. The van der Waals surface area contributed by atoms with Crippen molar-refractivity contribution in [3.8, 4) is 5.75 Å². The van der Waals surface area contributed by atoms with Crippen molar-refractivity contribution in [3.63, 3.8) is 0 Å². The number of phenolic OH excluding ortho intramolecular Hbond substituents is 1. The van der Waals surface area contributed by atoms with Crippen LogP contribution in [0.1, 0.15) is 44.6 Å². The zero-order chi connectivity index (χ0) is 19.0. The quantitative estimate of drug-likeness (QED) is 0.527. The number of guanidine groups is 1. The summed E-state index contributed by atoms with van der Waals surface area (Å²) < 4.78 is 5.58. The van der Waals surface area contributed by atoms with Crippen LogP contribution in [0.5, 0.6) is 5.75 Å². The van der Waals surface area contributed by atoms with Crippen molar-refractivity contribution in [3.05, 3.63) is 29.8 Å². The van der Waals surface area contributed by atoms with Crippen molar-refractivity contribution >= 4 is 5.96 Å². The Morgan fingerprint density at radius 1 is 1.11 bits per heavy atom. The summed E-state index contributed by atoms with van der Waals surface area (Å²) in [6.07, 6.45) is 6.45.